The molecule has 0 spiro atoms. The molecule has 2 N–H and O–H groups in total. The third kappa shape index (κ3) is 4.52. The molecule has 1 aromatic heterocycles. The normalized spacial score (nSPS) is 16.4. The molecule has 1 unspecified atom stereocenters. The Morgan fingerprint density at radius 3 is 2.50 bits per heavy atom. The summed E-state index contributed by atoms with van der Waals surface area (Å²) in [7, 11) is 0. The molecule has 30 heavy (non-hydrogen) atoms. The lowest BCUT2D eigenvalue weighted by molar-refractivity contribution is -0.123. The number of aryl methyl sites for hydroxylation is 2. The molecule has 4 rings (SSSR count). The number of rotatable bonds is 7. The molecule has 1 aliphatic heterocycles. The molecule has 1 atom stereocenters. The maximum atomic E-state index is 11.6. The number of primary amides is 1. The topological polar surface area (TPSA) is 89.9 Å². The zero-order valence-electron chi connectivity index (χ0n) is 16.7. The molecule has 156 valence electrons. The molecule has 0 bridgehead atoms. The monoisotopic (exact) mass is 424 g/mol. The average molecular weight is 425 g/mol. The predicted octanol–water partition coefficient (Wildman–Crippen LogP) is 2.86. The maximum Gasteiger partial charge on any atom is 0.220 e. The van der Waals surface area contributed by atoms with Crippen molar-refractivity contribution < 1.29 is 4.79 Å². The number of amides is 1. The first-order valence-corrected chi connectivity index (χ1v) is 10.6. The summed E-state index contributed by atoms with van der Waals surface area (Å²) in [4.78, 5) is 13.9. The average Bonchev–Trinajstić information content (AvgIpc) is 3.23. The summed E-state index contributed by atoms with van der Waals surface area (Å²) >= 11 is 6.58. The van der Waals surface area contributed by atoms with Gasteiger partial charge in [-0.15, -0.1) is 5.10 Å². The molecule has 2 aromatic carbocycles. The molecular formula is C22H25ClN6O. The highest BCUT2D eigenvalue weighted by molar-refractivity contribution is 6.31. The standard InChI is InChI=1S/C22H25ClN6O/c23-19-9-5-4-8-18(19)20(28-13-11-17(12-14-28)21(24)30)22-25-26-27-29(22)15-10-16-6-2-1-3-7-16/h1-9,17,20H,10-15H2,(H2,24,30). The molecule has 1 amide bonds. The lowest BCUT2D eigenvalue weighted by Crippen LogP contribution is -2.41. The lowest BCUT2D eigenvalue weighted by atomic mass is 9.93. The van der Waals surface area contributed by atoms with Crippen molar-refractivity contribution in [1.82, 2.24) is 25.1 Å². The van der Waals surface area contributed by atoms with E-state index >= 15 is 0 Å². The van der Waals surface area contributed by atoms with Gasteiger partial charge in [0.15, 0.2) is 5.82 Å². The van der Waals surface area contributed by atoms with Crippen molar-refractivity contribution in [1.29, 1.82) is 0 Å². The minimum atomic E-state index is -0.225. The number of nitrogens with two attached hydrogens (primary N) is 1. The van der Waals surface area contributed by atoms with Crippen molar-refractivity contribution in [3.05, 3.63) is 76.6 Å². The number of nitrogens with zero attached hydrogens (tertiary/aromatic N) is 5. The Morgan fingerprint density at radius 1 is 1.10 bits per heavy atom. The van der Waals surface area contributed by atoms with Crippen LogP contribution in [0, 0.1) is 5.92 Å². The highest BCUT2D eigenvalue weighted by Crippen LogP contribution is 2.34. The van der Waals surface area contributed by atoms with Gasteiger partial charge in [-0.25, -0.2) is 4.68 Å². The van der Waals surface area contributed by atoms with Crippen LogP contribution in [0.5, 0.6) is 0 Å². The Morgan fingerprint density at radius 2 is 1.80 bits per heavy atom. The first-order valence-electron chi connectivity index (χ1n) is 10.2. The van der Waals surface area contributed by atoms with Crippen LogP contribution in [0.1, 0.15) is 35.8 Å². The smallest absolute Gasteiger partial charge is 0.220 e. The van der Waals surface area contributed by atoms with Gasteiger partial charge in [0.05, 0.1) is 6.04 Å². The van der Waals surface area contributed by atoms with Gasteiger partial charge in [-0.3, -0.25) is 9.69 Å². The molecule has 7 nitrogen and oxygen atoms in total. The van der Waals surface area contributed by atoms with Gasteiger partial charge in [-0.1, -0.05) is 60.1 Å². The quantitative estimate of drug-likeness (QED) is 0.629. The van der Waals surface area contributed by atoms with E-state index in [-0.39, 0.29) is 17.9 Å². The third-order valence-electron chi connectivity index (χ3n) is 5.76. The van der Waals surface area contributed by atoms with Crippen molar-refractivity contribution in [2.24, 2.45) is 11.7 Å². The Bertz CT molecular complexity index is 984. The number of carbonyl (C=O) groups excluding carboxylic acids is 1. The van der Waals surface area contributed by atoms with Crippen molar-refractivity contribution in [2.45, 2.75) is 31.8 Å². The van der Waals surface area contributed by atoms with Gasteiger partial charge < -0.3 is 5.73 Å². The Labute approximate surface area is 180 Å². The second-order valence-corrected chi connectivity index (χ2v) is 8.04. The van der Waals surface area contributed by atoms with E-state index in [2.05, 4.69) is 32.6 Å². The maximum absolute atomic E-state index is 11.6. The van der Waals surface area contributed by atoms with E-state index in [1.165, 1.54) is 5.56 Å². The van der Waals surface area contributed by atoms with Gasteiger partial charge in [0.25, 0.3) is 0 Å². The van der Waals surface area contributed by atoms with Gasteiger partial charge in [-0.2, -0.15) is 0 Å². The van der Waals surface area contributed by atoms with E-state index in [1.54, 1.807) is 0 Å². The van der Waals surface area contributed by atoms with E-state index in [4.69, 9.17) is 17.3 Å². The summed E-state index contributed by atoms with van der Waals surface area (Å²) in [6.45, 7) is 2.13. The fourth-order valence-corrected chi connectivity index (χ4v) is 4.32. The van der Waals surface area contributed by atoms with Crippen molar-refractivity contribution in [3.8, 4) is 0 Å². The number of likely N-dealkylation sites (tertiary alicyclic amines) is 1. The van der Waals surface area contributed by atoms with E-state index in [9.17, 15) is 4.79 Å². The summed E-state index contributed by atoms with van der Waals surface area (Å²) in [5, 5.41) is 13.3. The molecule has 1 aliphatic rings. The molecule has 2 heterocycles. The lowest BCUT2D eigenvalue weighted by Gasteiger charge is -2.36. The SMILES string of the molecule is NC(=O)C1CCN(C(c2ccccc2Cl)c2nnnn2CCc2ccccc2)CC1. The predicted molar refractivity (Wildman–Crippen MR) is 115 cm³/mol. The fraction of sp³-hybridized carbons (Fsp3) is 0.364. The van der Waals surface area contributed by atoms with Gasteiger partial charge in [0.1, 0.15) is 0 Å². The first-order chi connectivity index (χ1) is 14.6. The molecule has 8 heteroatoms. The van der Waals surface area contributed by atoms with Crippen LogP contribution in [0.3, 0.4) is 0 Å². The summed E-state index contributed by atoms with van der Waals surface area (Å²) in [5.41, 5.74) is 7.72. The highest BCUT2D eigenvalue weighted by atomic mass is 35.5. The summed E-state index contributed by atoms with van der Waals surface area (Å²) < 4.78 is 1.86. The summed E-state index contributed by atoms with van der Waals surface area (Å²) in [6, 6.07) is 17.9. The number of benzene rings is 2. The number of halogens is 1. The van der Waals surface area contributed by atoms with Gasteiger partial charge >= 0.3 is 0 Å². The summed E-state index contributed by atoms with van der Waals surface area (Å²) in [5.74, 6) is 0.454. The zero-order chi connectivity index (χ0) is 20.9. The van der Waals surface area contributed by atoms with E-state index in [1.807, 2.05) is 47.1 Å². The number of aromatic nitrogens is 4. The van der Waals surface area contributed by atoms with Crippen molar-refractivity contribution >= 4 is 17.5 Å². The molecule has 3 aromatic rings. The minimum Gasteiger partial charge on any atom is -0.369 e. The van der Waals surface area contributed by atoms with Crippen LogP contribution in [-0.4, -0.2) is 44.1 Å². The molecule has 0 radical (unpaired) electrons. The summed E-state index contributed by atoms with van der Waals surface area (Å²) in [6.07, 6.45) is 2.28. The largest absolute Gasteiger partial charge is 0.369 e. The van der Waals surface area contributed by atoms with Crippen LogP contribution in [0.4, 0.5) is 0 Å². The van der Waals surface area contributed by atoms with E-state index in [0.29, 0.717) is 11.6 Å². The van der Waals surface area contributed by atoms with Gasteiger partial charge in [0, 0.05) is 17.5 Å². The van der Waals surface area contributed by atoms with E-state index < -0.39 is 0 Å². The molecule has 0 saturated carbocycles. The highest BCUT2D eigenvalue weighted by Gasteiger charge is 2.33. The zero-order valence-corrected chi connectivity index (χ0v) is 17.4. The third-order valence-corrected chi connectivity index (χ3v) is 6.10. The molecule has 0 aliphatic carbocycles. The molecule has 1 saturated heterocycles. The van der Waals surface area contributed by atoms with Gasteiger partial charge in [-0.05, 0) is 60.0 Å². The van der Waals surface area contributed by atoms with Gasteiger partial charge in [0.2, 0.25) is 5.91 Å². The van der Waals surface area contributed by atoms with Crippen LogP contribution in [0.2, 0.25) is 5.02 Å². The van der Waals surface area contributed by atoms with Crippen LogP contribution >= 0.6 is 11.6 Å². The van der Waals surface area contributed by atoms with Crippen LogP contribution in [-0.2, 0) is 17.8 Å². The Hall–Kier alpha value is -2.77. The number of tetrazole rings is 1. The van der Waals surface area contributed by atoms with Crippen molar-refractivity contribution in [2.75, 3.05) is 13.1 Å². The van der Waals surface area contributed by atoms with Crippen LogP contribution < -0.4 is 5.73 Å². The Balaban J connectivity index is 1.62. The fourth-order valence-electron chi connectivity index (χ4n) is 4.08. The second kappa shape index (κ2) is 9.36. The number of carbonyl (C=O) groups is 1. The number of piperidine rings is 1. The minimum absolute atomic E-state index is 0.0813. The van der Waals surface area contributed by atoms with E-state index in [0.717, 1.165) is 43.7 Å². The van der Waals surface area contributed by atoms with Crippen LogP contribution in [0.15, 0.2) is 54.6 Å². The second-order valence-electron chi connectivity index (χ2n) is 7.63. The number of hydrogen-bond acceptors (Lipinski definition) is 5. The van der Waals surface area contributed by atoms with Crippen LogP contribution in [0.25, 0.3) is 0 Å². The molecule has 1 fully saturated rings. The molecular weight excluding hydrogens is 400 g/mol. The van der Waals surface area contributed by atoms with Crippen molar-refractivity contribution in [3.63, 3.8) is 0 Å². The Kier molecular flexibility index (Phi) is 6.40. The first kappa shape index (κ1) is 20.5. The number of hydrogen-bond donors (Lipinski definition) is 1.